The molecule has 13 heavy (non-hydrogen) atoms. The number of rotatable bonds is 1. The van der Waals surface area contributed by atoms with E-state index in [1.807, 2.05) is 7.05 Å². The molecule has 0 amide bonds. The Morgan fingerprint density at radius 1 is 1.46 bits per heavy atom. The third kappa shape index (κ3) is 1.68. The first-order chi connectivity index (χ1) is 6.42. The molecule has 1 aliphatic carbocycles. The molecule has 0 aromatic heterocycles. The maximum Gasteiger partial charge on any atom is 0.0336 e. The maximum absolute atomic E-state index is 3.39. The number of nitrogens with one attached hydrogen (secondary N) is 2. The van der Waals surface area contributed by atoms with E-state index in [1.54, 1.807) is 0 Å². The Hall–Kier alpha value is -1.02. The SMILES string of the molecule is CNC1=CCC=CC2=C1CCNC2. The molecule has 0 aromatic carbocycles. The van der Waals surface area contributed by atoms with Crippen molar-refractivity contribution in [2.24, 2.45) is 0 Å². The summed E-state index contributed by atoms with van der Waals surface area (Å²) in [6.45, 7) is 2.12. The molecule has 2 nitrogen and oxygen atoms in total. The highest BCUT2D eigenvalue weighted by molar-refractivity contribution is 5.43. The van der Waals surface area contributed by atoms with E-state index in [-0.39, 0.29) is 0 Å². The van der Waals surface area contributed by atoms with Crippen LogP contribution < -0.4 is 10.6 Å². The van der Waals surface area contributed by atoms with E-state index in [4.69, 9.17) is 0 Å². The lowest BCUT2D eigenvalue weighted by Gasteiger charge is -2.20. The van der Waals surface area contributed by atoms with Crippen LogP contribution in [0, 0.1) is 0 Å². The van der Waals surface area contributed by atoms with E-state index >= 15 is 0 Å². The molecule has 0 unspecified atom stereocenters. The van der Waals surface area contributed by atoms with Gasteiger partial charge in [0, 0.05) is 19.3 Å². The van der Waals surface area contributed by atoms with E-state index in [0.717, 1.165) is 25.9 Å². The van der Waals surface area contributed by atoms with E-state index in [1.165, 1.54) is 16.8 Å². The lowest BCUT2D eigenvalue weighted by Crippen LogP contribution is -2.26. The Kier molecular flexibility index (Phi) is 2.50. The quantitative estimate of drug-likeness (QED) is 0.630. The summed E-state index contributed by atoms with van der Waals surface area (Å²) < 4.78 is 0. The molecular weight excluding hydrogens is 160 g/mol. The van der Waals surface area contributed by atoms with Crippen molar-refractivity contribution in [1.82, 2.24) is 10.6 Å². The molecule has 0 radical (unpaired) electrons. The molecule has 0 atom stereocenters. The van der Waals surface area contributed by atoms with Gasteiger partial charge in [-0.2, -0.15) is 0 Å². The van der Waals surface area contributed by atoms with Crippen molar-refractivity contribution < 1.29 is 0 Å². The third-order valence-corrected chi connectivity index (χ3v) is 2.63. The number of hydrogen-bond acceptors (Lipinski definition) is 2. The van der Waals surface area contributed by atoms with Crippen molar-refractivity contribution in [2.45, 2.75) is 12.8 Å². The molecule has 0 fully saturated rings. The van der Waals surface area contributed by atoms with Crippen LogP contribution in [0.4, 0.5) is 0 Å². The van der Waals surface area contributed by atoms with Crippen molar-refractivity contribution in [3.8, 4) is 0 Å². The monoisotopic (exact) mass is 176 g/mol. The van der Waals surface area contributed by atoms with E-state index in [2.05, 4.69) is 28.9 Å². The van der Waals surface area contributed by atoms with Gasteiger partial charge in [-0.3, -0.25) is 0 Å². The topological polar surface area (TPSA) is 24.1 Å². The smallest absolute Gasteiger partial charge is 0.0336 e. The van der Waals surface area contributed by atoms with Gasteiger partial charge in [0.05, 0.1) is 0 Å². The Balaban J connectivity index is 2.35. The first-order valence-electron chi connectivity index (χ1n) is 4.89. The molecule has 0 bridgehead atoms. The van der Waals surface area contributed by atoms with Crippen LogP contribution in [-0.2, 0) is 0 Å². The lowest BCUT2D eigenvalue weighted by molar-refractivity contribution is 0.683. The van der Waals surface area contributed by atoms with Gasteiger partial charge in [0.25, 0.3) is 0 Å². The summed E-state index contributed by atoms with van der Waals surface area (Å²) in [5, 5.41) is 6.67. The second-order valence-electron chi connectivity index (χ2n) is 3.44. The normalized spacial score (nSPS) is 22.1. The van der Waals surface area contributed by atoms with Crippen LogP contribution in [0.25, 0.3) is 0 Å². The molecule has 0 saturated carbocycles. The van der Waals surface area contributed by atoms with Gasteiger partial charge >= 0.3 is 0 Å². The summed E-state index contributed by atoms with van der Waals surface area (Å²) in [5.41, 5.74) is 4.26. The second-order valence-corrected chi connectivity index (χ2v) is 3.44. The largest absolute Gasteiger partial charge is 0.388 e. The Morgan fingerprint density at radius 3 is 3.23 bits per heavy atom. The van der Waals surface area contributed by atoms with E-state index < -0.39 is 0 Å². The van der Waals surface area contributed by atoms with Gasteiger partial charge in [0.1, 0.15) is 0 Å². The summed E-state index contributed by atoms with van der Waals surface area (Å²) in [5.74, 6) is 0. The molecule has 1 aliphatic heterocycles. The molecule has 0 aromatic rings. The summed E-state index contributed by atoms with van der Waals surface area (Å²) in [4.78, 5) is 0. The van der Waals surface area contributed by atoms with Gasteiger partial charge in [-0.05, 0) is 30.5 Å². The zero-order valence-corrected chi connectivity index (χ0v) is 8.06. The predicted octanol–water partition coefficient (Wildman–Crippen LogP) is 1.34. The fraction of sp³-hybridized carbons (Fsp3) is 0.455. The van der Waals surface area contributed by atoms with Gasteiger partial charge in [0.15, 0.2) is 0 Å². The van der Waals surface area contributed by atoms with Crippen molar-refractivity contribution in [3.05, 3.63) is 35.1 Å². The Morgan fingerprint density at radius 2 is 2.38 bits per heavy atom. The second kappa shape index (κ2) is 3.79. The highest BCUT2D eigenvalue weighted by Crippen LogP contribution is 2.22. The molecule has 1 heterocycles. The summed E-state index contributed by atoms with van der Waals surface area (Å²) in [6.07, 6.45) is 8.94. The fourth-order valence-corrected chi connectivity index (χ4v) is 1.94. The van der Waals surface area contributed by atoms with E-state index in [9.17, 15) is 0 Å². The van der Waals surface area contributed by atoms with Gasteiger partial charge in [0.2, 0.25) is 0 Å². The third-order valence-electron chi connectivity index (χ3n) is 2.63. The first kappa shape index (κ1) is 8.57. The zero-order chi connectivity index (χ0) is 9.10. The van der Waals surface area contributed by atoms with Crippen LogP contribution in [-0.4, -0.2) is 20.1 Å². The van der Waals surface area contributed by atoms with Crippen LogP contribution in [0.1, 0.15) is 12.8 Å². The van der Waals surface area contributed by atoms with Gasteiger partial charge in [-0.1, -0.05) is 18.2 Å². The molecule has 2 N–H and O–H groups in total. The highest BCUT2D eigenvalue weighted by atomic mass is 14.9. The molecule has 2 heteroatoms. The Bertz CT molecular complexity index is 284. The van der Waals surface area contributed by atoms with E-state index in [0.29, 0.717) is 0 Å². The van der Waals surface area contributed by atoms with Crippen LogP contribution in [0.15, 0.2) is 35.1 Å². The van der Waals surface area contributed by atoms with Crippen molar-refractivity contribution in [3.63, 3.8) is 0 Å². The number of hydrogen-bond donors (Lipinski definition) is 2. The number of allylic oxidation sites excluding steroid dienone is 3. The fourth-order valence-electron chi connectivity index (χ4n) is 1.94. The predicted molar refractivity (Wildman–Crippen MR) is 55.4 cm³/mol. The average Bonchev–Trinajstić information content (AvgIpc) is 2.39. The highest BCUT2D eigenvalue weighted by Gasteiger charge is 2.14. The standard InChI is InChI=1S/C11H16N2/c1-12-11-5-3-2-4-9-8-13-7-6-10(9)11/h2,4-5,12-13H,3,6-8H2,1H3. The summed E-state index contributed by atoms with van der Waals surface area (Å²) >= 11 is 0. The summed E-state index contributed by atoms with van der Waals surface area (Å²) in [7, 11) is 2.00. The average molecular weight is 176 g/mol. The van der Waals surface area contributed by atoms with Gasteiger partial charge in [-0.25, -0.2) is 0 Å². The van der Waals surface area contributed by atoms with Crippen molar-refractivity contribution >= 4 is 0 Å². The lowest BCUT2D eigenvalue weighted by atomic mass is 9.99. The molecule has 2 rings (SSSR count). The molecule has 0 spiro atoms. The van der Waals surface area contributed by atoms with Crippen molar-refractivity contribution in [2.75, 3.05) is 20.1 Å². The van der Waals surface area contributed by atoms with Crippen LogP contribution in [0.5, 0.6) is 0 Å². The van der Waals surface area contributed by atoms with Crippen LogP contribution in [0.3, 0.4) is 0 Å². The van der Waals surface area contributed by atoms with Gasteiger partial charge in [-0.15, -0.1) is 0 Å². The minimum atomic E-state index is 1.02. The minimum Gasteiger partial charge on any atom is -0.388 e. The number of likely N-dealkylation sites (N-methyl/N-ethyl adjacent to an activating group) is 1. The minimum absolute atomic E-state index is 1.02. The van der Waals surface area contributed by atoms with Gasteiger partial charge < -0.3 is 10.6 Å². The summed E-state index contributed by atoms with van der Waals surface area (Å²) in [6, 6.07) is 0. The zero-order valence-electron chi connectivity index (χ0n) is 8.06. The molecular formula is C11H16N2. The van der Waals surface area contributed by atoms with Crippen LogP contribution in [0.2, 0.25) is 0 Å². The first-order valence-corrected chi connectivity index (χ1v) is 4.89. The molecule has 70 valence electrons. The van der Waals surface area contributed by atoms with Crippen molar-refractivity contribution in [1.29, 1.82) is 0 Å². The van der Waals surface area contributed by atoms with Crippen LogP contribution >= 0.6 is 0 Å². The maximum atomic E-state index is 3.39. The molecule has 0 saturated heterocycles. The molecule has 2 aliphatic rings. The Labute approximate surface area is 79.4 Å².